The Morgan fingerprint density at radius 2 is 2.09 bits per heavy atom. The van der Waals surface area contributed by atoms with E-state index in [1.54, 1.807) is 38.4 Å². The van der Waals surface area contributed by atoms with E-state index in [1.807, 2.05) is 6.07 Å². The van der Waals surface area contributed by atoms with Crippen LogP contribution < -0.4 is 5.32 Å². The van der Waals surface area contributed by atoms with Crippen molar-refractivity contribution in [2.75, 3.05) is 5.32 Å². The summed E-state index contributed by atoms with van der Waals surface area (Å²) in [5, 5.41) is 14.8. The van der Waals surface area contributed by atoms with Crippen LogP contribution in [0.3, 0.4) is 0 Å². The molecule has 2 aromatic heterocycles. The van der Waals surface area contributed by atoms with Crippen LogP contribution in [-0.2, 0) is 7.05 Å². The predicted octanol–water partition coefficient (Wildman–Crippen LogP) is 2.68. The Morgan fingerprint density at radius 3 is 2.77 bits per heavy atom. The van der Waals surface area contributed by atoms with Gasteiger partial charge in [0, 0.05) is 7.05 Å². The minimum absolute atomic E-state index is 0.000481. The Balaban J connectivity index is 1.84. The van der Waals surface area contributed by atoms with Crippen molar-refractivity contribution in [2.45, 2.75) is 6.92 Å². The Kier molecular flexibility index (Phi) is 3.64. The van der Waals surface area contributed by atoms with Gasteiger partial charge in [0.05, 0.1) is 16.8 Å². The second-order valence-corrected chi connectivity index (χ2v) is 5.05. The zero-order chi connectivity index (χ0) is 15.7. The van der Waals surface area contributed by atoms with Gasteiger partial charge in [0.2, 0.25) is 0 Å². The maximum absolute atomic E-state index is 12.2. The lowest BCUT2D eigenvalue weighted by Crippen LogP contribution is -2.17. The molecule has 3 aromatic rings. The summed E-state index contributed by atoms with van der Waals surface area (Å²) in [6.07, 6.45) is 1.61. The fraction of sp³-hybridized carbons (Fsp3) is 0.143. The van der Waals surface area contributed by atoms with Gasteiger partial charge >= 0.3 is 6.01 Å². The third kappa shape index (κ3) is 2.58. The van der Waals surface area contributed by atoms with Crippen molar-refractivity contribution in [1.82, 2.24) is 20.0 Å². The molecule has 1 N–H and O–H groups in total. The third-order valence-corrected chi connectivity index (χ3v) is 3.42. The van der Waals surface area contributed by atoms with Gasteiger partial charge < -0.3 is 4.42 Å². The van der Waals surface area contributed by atoms with E-state index < -0.39 is 0 Å². The van der Waals surface area contributed by atoms with Crippen LogP contribution in [0.5, 0.6) is 0 Å². The minimum atomic E-state index is -0.369. The molecule has 112 valence electrons. The number of halogens is 1. The number of nitrogens with one attached hydrogen (secondary N) is 1. The summed E-state index contributed by atoms with van der Waals surface area (Å²) in [4.78, 5) is 12.2. The molecule has 3 rings (SSSR count). The first-order valence-corrected chi connectivity index (χ1v) is 6.82. The number of carbonyl (C=O) groups is 1. The summed E-state index contributed by atoms with van der Waals surface area (Å²) < 4.78 is 6.91. The highest BCUT2D eigenvalue weighted by atomic mass is 35.5. The number of hydrogen-bond acceptors (Lipinski definition) is 5. The number of carbonyl (C=O) groups excluding carboxylic acids is 1. The Labute approximate surface area is 130 Å². The molecule has 8 heteroatoms. The molecular formula is C14H12ClN5O2. The van der Waals surface area contributed by atoms with E-state index in [1.165, 1.54) is 4.68 Å². The van der Waals surface area contributed by atoms with Crippen molar-refractivity contribution < 1.29 is 9.21 Å². The molecule has 0 bridgehead atoms. The van der Waals surface area contributed by atoms with Gasteiger partial charge in [-0.2, -0.15) is 5.10 Å². The van der Waals surface area contributed by atoms with Crippen LogP contribution in [0.25, 0.3) is 11.5 Å². The lowest BCUT2D eigenvalue weighted by molar-refractivity contribution is 0.101. The molecule has 7 nitrogen and oxygen atoms in total. The van der Waals surface area contributed by atoms with E-state index >= 15 is 0 Å². The molecule has 2 heterocycles. The van der Waals surface area contributed by atoms with Crippen molar-refractivity contribution in [2.24, 2.45) is 7.05 Å². The maximum Gasteiger partial charge on any atom is 0.322 e. The Bertz CT molecular complexity index is 820. The molecule has 0 fully saturated rings. The zero-order valence-electron chi connectivity index (χ0n) is 11.9. The molecule has 0 aliphatic rings. The lowest BCUT2D eigenvalue weighted by atomic mass is 10.2. The van der Waals surface area contributed by atoms with Crippen LogP contribution in [0.1, 0.15) is 16.1 Å². The predicted molar refractivity (Wildman–Crippen MR) is 80.6 cm³/mol. The second kappa shape index (κ2) is 5.61. The van der Waals surface area contributed by atoms with Gasteiger partial charge in [-0.05, 0) is 24.6 Å². The van der Waals surface area contributed by atoms with Crippen molar-refractivity contribution >= 4 is 23.5 Å². The standard InChI is InChI=1S/C14H12ClN5O2/c1-8-7-16-20(2)11(8)12(21)17-14-19-18-13(22-14)9-5-3-4-6-10(9)15/h3-7H,1-2H3,(H,17,19,21). The zero-order valence-corrected chi connectivity index (χ0v) is 12.6. The molecule has 0 saturated carbocycles. The molecule has 0 spiro atoms. The summed E-state index contributed by atoms with van der Waals surface area (Å²) in [6.45, 7) is 1.80. The third-order valence-electron chi connectivity index (χ3n) is 3.09. The highest BCUT2D eigenvalue weighted by Gasteiger charge is 2.18. The van der Waals surface area contributed by atoms with E-state index in [2.05, 4.69) is 20.6 Å². The van der Waals surface area contributed by atoms with Crippen LogP contribution in [0.2, 0.25) is 5.02 Å². The lowest BCUT2D eigenvalue weighted by Gasteiger charge is -2.02. The number of amides is 1. The van der Waals surface area contributed by atoms with Crippen molar-refractivity contribution in [3.05, 3.63) is 46.7 Å². The fourth-order valence-corrected chi connectivity index (χ4v) is 2.26. The van der Waals surface area contributed by atoms with Crippen LogP contribution in [0.15, 0.2) is 34.9 Å². The van der Waals surface area contributed by atoms with E-state index in [0.29, 0.717) is 16.3 Å². The van der Waals surface area contributed by atoms with Crippen LogP contribution in [0, 0.1) is 6.92 Å². The quantitative estimate of drug-likeness (QED) is 0.802. The number of hydrogen-bond donors (Lipinski definition) is 1. The molecule has 0 unspecified atom stereocenters. The van der Waals surface area contributed by atoms with Gasteiger partial charge in [-0.15, -0.1) is 5.10 Å². The minimum Gasteiger partial charge on any atom is -0.403 e. The first kappa shape index (κ1) is 14.3. The van der Waals surface area contributed by atoms with E-state index in [4.69, 9.17) is 16.0 Å². The van der Waals surface area contributed by atoms with Gasteiger partial charge in [0.15, 0.2) is 0 Å². The summed E-state index contributed by atoms with van der Waals surface area (Å²) in [5.41, 5.74) is 1.79. The van der Waals surface area contributed by atoms with E-state index in [-0.39, 0.29) is 17.8 Å². The average Bonchev–Trinajstić information content (AvgIpc) is 3.06. The number of rotatable bonds is 3. The molecule has 0 aliphatic heterocycles. The van der Waals surface area contributed by atoms with Crippen molar-refractivity contribution in [1.29, 1.82) is 0 Å². The normalized spacial score (nSPS) is 10.7. The molecule has 0 atom stereocenters. The van der Waals surface area contributed by atoms with Crippen LogP contribution in [0.4, 0.5) is 6.01 Å². The summed E-state index contributed by atoms with van der Waals surface area (Å²) >= 11 is 6.07. The molecular weight excluding hydrogens is 306 g/mol. The molecule has 0 radical (unpaired) electrons. The summed E-state index contributed by atoms with van der Waals surface area (Å²) in [5.74, 6) is -0.130. The average molecular weight is 318 g/mol. The van der Waals surface area contributed by atoms with Gasteiger partial charge in [-0.25, -0.2) is 0 Å². The monoisotopic (exact) mass is 317 g/mol. The topological polar surface area (TPSA) is 85.8 Å². The first-order chi connectivity index (χ1) is 10.6. The van der Waals surface area contributed by atoms with Crippen molar-refractivity contribution in [3.63, 3.8) is 0 Å². The fourth-order valence-electron chi connectivity index (χ4n) is 2.05. The molecule has 1 aromatic carbocycles. The molecule has 0 aliphatic carbocycles. The number of aryl methyl sites for hydroxylation is 2. The SMILES string of the molecule is Cc1cnn(C)c1C(=O)Nc1nnc(-c2ccccc2Cl)o1. The number of nitrogens with zero attached hydrogens (tertiary/aromatic N) is 4. The van der Waals surface area contributed by atoms with Gasteiger partial charge in [0.25, 0.3) is 11.8 Å². The van der Waals surface area contributed by atoms with Crippen molar-refractivity contribution in [3.8, 4) is 11.5 Å². The molecule has 22 heavy (non-hydrogen) atoms. The van der Waals surface area contributed by atoms with Crippen LogP contribution in [-0.4, -0.2) is 25.9 Å². The maximum atomic E-state index is 12.2. The highest BCUT2D eigenvalue weighted by molar-refractivity contribution is 6.33. The number of anilines is 1. The van der Waals surface area contributed by atoms with E-state index in [9.17, 15) is 4.79 Å². The van der Waals surface area contributed by atoms with Crippen LogP contribution >= 0.6 is 11.6 Å². The highest BCUT2D eigenvalue weighted by Crippen LogP contribution is 2.27. The first-order valence-electron chi connectivity index (χ1n) is 6.44. The largest absolute Gasteiger partial charge is 0.403 e. The van der Waals surface area contributed by atoms with Gasteiger partial charge in [-0.3, -0.25) is 14.8 Å². The molecule has 1 amide bonds. The van der Waals surface area contributed by atoms with E-state index in [0.717, 1.165) is 5.56 Å². The summed E-state index contributed by atoms with van der Waals surface area (Å²) in [7, 11) is 1.69. The number of benzene rings is 1. The Hall–Kier alpha value is -2.67. The Morgan fingerprint density at radius 1 is 1.32 bits per heavy atom. The second-order valence-electron chi connectivity index (χ2n) is 4.65. The smallest absolute Gasteiger partial charge is 0.322 e. The van der Waals surface area contributed by atoms with Gasteiger partial charge in [-0.1, -0.05) is 28.8 Å². The summed E-state index contributed by atoms with van der Waals surface area (Å²) in [6, 6.07) is 7.09. The number of aromatic nitrogens is 4. The molecule has 0 saturated heterocycles. The van der Waals surface area contributed by atoms with Gasteiger partial charge in [0.1, 0.15) is 5.69 Å².